The van der Waals surface area contributed by atoms with E-state index in [0.717, 1.165) is 19.3 Å². The average Bonchev–Trinajstić information content (AvgIpc) is 2.60. The van der Waals surface area contributed by atoms with E-state index >= 15 is 0 Å². The standard InChI is InChI=1S/C20H22N4O4/c1-10-5-4-6-11(2)24(10)20-22-17-16(18(26)23-20)13(7-8-21-17)15-14(25)9-12(3)28-19(15)27/h7-11,25H,4-6H2,1-3H3,(H,21,22,23,26)/t10-,11-/m0/s1. The van der Waals surface area contributed by atoms with Crippen molar-refractivity contribution in [2.24, 2.45) is 0 Å². The fourth-order valence-corrected chi connectivity index (χ4v) is 4.06. The normalized spacial score (nSPS) is 19.9. The molecular weight excluding hydrogens is 360 g/mol. The van der Waals surface area contributed by atoms with E-state index in [9.17, 15) is 14.7 Å². The van der Waals surface area contributed by atoms with Crippen molar-refractivity contribution in [1.82, 2.24) is 15.0 Å². The van der Waals surface area contributed by atoms with Gasteiger partial charge in [0.15, 0.2) is 5.65 Å². The summed E-state index contributed by atoms with van der Waals surface area (Å²) in [6.07, 6.45) is 4.66. The summed E-state index contributed by atoms with van der Waals surface area (Å²) in [5, 5.41) is 10.4. The van der Waals surface area contributed by atoms with Gasteiger partial charge in [-0.05, 0) is 46.1 Å². The highest BCUT2D eigenvalue weighted by Crippen LogP contribution is 2.31. The summed E-state index contributed by atoms with van der Waals surface area (Å²) >= 11 is 0. The number of nitrogens with one attached hydrogen (secondary N) is 1. The van der Waals surface area contributed by atoms with Crippen molar-refractivity contribution in [2.75, 3.05) is 4.90 Å². The molecule has 2 atom stereocenters. The number of aromatic hydroxyl groups is 1. The third-order valence-corrected chi connectivity index (χ3v) is 5.36. The van der Waals surface area contributed by atoms with E-state index in [0.29, 0.717) is 5.95 Å². The SMILES string of the molecule is Cc1cc(O)c(-c2ccnc3nc(N4[C@@H](C)CCC[C@@H]4C)[nH]c(=O)c23)c(=O)o1. The van der Waals surface area contributed by atoms with Gasteiger partial charge in [-0.2, -0.15) is 4.98 Å². The Hall–Kier alpha value is -3.16. The molecule has 0 radical (unpaired) electrons. The van der Waals surface area contributed by atoms with E-state index in [1.165, 1.54) is 18.3 Å². The summed E-state index contributed by atoms with van der Waals surface area (Å²) in [7, 11) is 0. The quantitative estimate of drug-likeness (QED) is 0.701. The van der Waals surface area contributed by atoms with E-state index in [-0.39, 0.29) is 45.8 Å². The van der Waals surface area contributed by atoms with Crippen LogP contribution in [0.5, 0.6) is 5.75 Å². The molecule has 0 spiro atoms. The van der Waals surface area contributed by atoms with Gasteiger partial charge in [-0.3, -0.25) is 9.78 Å². The summed E-state index contributed by atoms with van der Waals surface area (Å²) < 4.78 is 5.10. The number of anilines is 1. The minimum atomic E-state index is -0.716. The molecule has 146 valence electrons. The number of aromatic amines is 1. The number of rotatable bonds is 2. The molecule has 1 aliphatic rings. The zero-order valence-electron chi connectivity index (χ0n) is 16.0. The highest BCUT2D eigenvalue weighted by atomic mass is 16.4. The Kier molecular flexibility index (Phi) is 4.41. The van der Waals surface area contributed by atoms with Crippen LogP contribution < -0.4 is 16.1 Å². The Bertz CT molecular complexity index is 1160. The van der Waals surface area contributed by atoms with Crippen LogP contribution in [0.1, 0.15) is 38.9 Å². The maximum absolute atomic E-state index is 13.0. The summed E-state index contributed by atoms with van der Waals surface area (Å²) in [5.74, 6) is 0.511. The number of nitrogens with zero attached hydrogens (tertiary/aromatic N) is 3. The average molecular weight is 382 g/mol. The summed E-state index contributed by atoms with van der Waals surface area (Å²) in [6.45, 7) is 5.79. The Morgan fingerprint density at radius 3 is 2.64 bits per heavy atom. The molecule has 1 saturated heterocycles. The van der Waals surface area contributed by atoms with E-state index in [4.69, 9.17) is 4.42 Å². The van der Waals surface area contributed by atoms with Crippen LogP contribution in [0.25, 0.3) is 22.2 Å². The number of H-pyrrole nitrogens is 1. The van der Waals surface area contributed by atoms with Crippen molar-refractivity contribution in [2.45, 2.75) is 52.1 Å². The monoisotopic (exact) mass is 382 g/mol. The maximum Gasteiger partial charge on any atom is 0.347 e. The second-order valence-corrected chi connectivity index (χ2v) is 7.39. The highest BCUT2D eigenvalue weighted by molar-refractivity contribution is 5.93. The summed E-state index contributed by atoms with van der Waals surface area (Å²) in [5.41, 5.74) is -0.728. The number of pyridine rings is 1. The van der Waals surface area contributed by atoms with Crippen molar-refractivity contribution in [3.63, 3.8) is 0 Å². The van der Waals surface area contributed by atoms with Crippen LogP contribution in [-0.2, 0) is 0 Å². The zero-order chi connectivity index (χ0) is 20.0. The summed E-state index contributed by atoms with van der Waals surface area (Å²) in [4.78, 5) is 39.1. The third-order valence-electron chi connectivity index (χ3n) is 5.36. The summed E-state index contributed by atoms with van der Waals surface area (Å²) in [6, 6.07) is 3.35. The van der Waals surface area contributed by atoms with Crippen molar-refractivity contribution in [3.8, 4) is 16.9 Å². The smallest absolute Gasteiger partial charge is 0.347 e. The number of aryl methyl sites for hydroxylation is 1. The van der Waals surface area contributed by atoms with Crippen LogP contribution in [0.3, 0.4) is 0 Å². The first-order valence-corrected chi connectivity index (χ1v) is 9.38. The van der Waals surface area contributed by atoms with E-state index in [1.807, 2.05) is 0 Å². The molecule has 0 bridgehead atoms. The molecule has 3 aromatic heterocycles. The van der Waals surface area contributed by atoms with Crippen molar-refractivity contribution in [3.05, 3.63) is 44.9 Å². The first kappa shape index (κ1) is 18.2. The minimum Gasteiger partial charge on any atom is -0.507 e. The number of hydrogen-bond acceptors (Lipinski definition) is 7. The van der Waals surface area contributed by atoms with Gasteiger partial charge in [-0.25, -0.2) is 9.78 Å². The van der Waals surface area contributed by atoms with Gasteiger partial charge in [0, 0.05) is 29.9 Å². The van der Waals surface area contributed by atoms with Crippen molar-refractivity contribution >= 4 is 17.0 Å². The second kappa shape index (κ2) is 6.78. The van der Waals surface area contributed by atoms with E-state index in [2.05, 4.69) is 33.7 Å². The van der Waals surface area contributed by atoms with Crippen molar-refractivity contribution in [1.29, 1.82) is 0 Å². The molecule has 0 amide bonds. The van der Waals surface area contributed by atoms with Crippen LogP contribution >= 0.6 is 0 Å². The zero-order valence-corrected chi connectivity index (χ0v) is 16.0. The first-order chi connectivity index (χ1) is 13.4. The Balaban J connectivity index is 1.94. The van der Waals surface area contributed by atoms with Gasteiger partial charge in [-0.1, -0.05) is 0 Å². The van der Waals surface area contributed by atoms with Crippen LogP contribution in [0.2, 0.25) is 0 Å². The van der Waals surface area contributed by atoms with E-state index < -0.39 is 11.2 Å². The largest absolute Gasteiger partial charge is 0.507 e. The topological polar surface area (TPSA) is 112 Å². The lowest BCUT2D eigenvalue weighted by molar-refractivity contribution is 0.407. The molecule has 0 saturated carbocycles. The van der Waals surface area contributed by atoms with Crippen LogP contribution in [0.4, 0.5) is 5.95 Å². The molecule has 2 N–H and O–H groups in total. The van der Waals surface area contributed by atoms with Gasteiger partial charge in [0.1, 0.15) is 17.1 Å². The van der Waals surface area contributed by atoms with Gasteiger partial charge in [0.05, 0.1) is 5.39 Å². The number of piperidine rings is 1. The van der Waals surface area contributed by atoms with Gasteiger partial charge in [-0.15, -0.1) is 0 Å². The van der Waals surface area contributed by atoms with Crippen LogP contribution in [0, 0.1) is 6.92 Å². The second-order valence-electron chi connectivity index (χ2n) is 7.39. The van der Waals surface area contributed by atoms with Crippen LogP contribution in [-0.4, -0.2) is 32.1 Å². The van der Waals surface area contributed by atoms with Crippen LogP contribution in [0.15, 0.2) is 32.3 Å². The van der Waals surface area contributed by atoms with Gasteiger partial charge >= 0.3 is 5.63 Å². The molecule has 0 aromatic carbocycles. The molecule has 1 fully saturated rings. The lowest BCUT2D eigenvalue weighted by atomic mass is 9.98. The molecule has 4 heterocycles. The molecule has 8 nitrogen and oxygen atoms in total. The Morgan fingerprint density at radius 1 is 1.25 bits per heavy atom. The molecule has 4 rings (SSSR count). The van der Waals surface area contributed by atoms with Gasteiger partial charge in [0.25, 0.3) is 5.56 Å². The molecule has 3 aromatic rings. The number of fused-ring (bicyclic) bond motifs is 1. The molecule has 28 heavy (non-hydrogen) atoms. The third kappa shape index (κ3) is 2.94. The van der Waals surface area contributed by atoms with Gasteiger partial charge in [0.2, 0.25) is 5.95 Å². The van der Waals surface area contributed by atoms with Crippen molar-refractivity contribution < 1.29 is 9.52 Å². The fourth-order valence-electron chi connectivity index (χ4n) is 4.06. The predicted molar refractivity (Wildman–Crippen MR) is 106 cm³/mol. The molecule has 0 aliphatic carbocycles. The maximum atomic E-state index is 13.0. The van der Waals surface area contributed by atoms with E-state index in [1.54, 1.807) is 6.92 Å². The molecule has 8 heteroatoms. The first-order valence-electron chi connectivity index (χ1n) is 9.38. The minimum absolute atomic E-state index is 0.0715. The highest BCUT2D eigenvalue weighted by Gasteiger charge is 2.28. The number of hydrogen-bond donors (Lipinski definition) is 2. The predicted octanol–water partition coefficient (Wildman–Crippen LogP) is 2.72. The molecular formula is C20H22N4O4. The Morgan fingerprint density at radius 2 is 1.96 bits per heavy atom. The van der Waals surface area contributed by atoms with Gasteiger partial charge < -0.3 is 14.4 Å². The lowest BCUT2D eigenvalue weighted by Crippen LogP contribution is -2.45. The lowest BCUT2D eigenvalue weighted by Gasteiger charge is -2.39. The molecule has 1 aliphatic heterocycles. The number of aromatic nitrogens is 3. The molecule has 0 unspecified atom stereocenters. The Labute approximate surface area is 160 Å². The fraction of sp³-hybridized carbons (Fsp3) is 0.400.